The quantitative estimate of drug-likeness (QED) is 0.414. The van der Waals surface area contributed by atoms with Gasteiger partial charge in [-0.15, -0.1) is 11.3 Å². The molecule has 0 aliphatic carbocycles. The lowest BCUT2D eigenvalue weighted by molar-refractivity contribution is 0.193. The Balaban J connectivity index is 1.79. The number of nitrogens with zero attached hydrogens (tertiary/aromatic N) is 2. The van der Waals surface area contributed by atoms with Crippen LogP contribution < -0.4 is 5.32 Å². The normalized spacial score (nSPS) is 10.9. The molecule has 4 nitrogen and oxygen atoms in total. The first-order valence-corrected chi connectivity index (χ1v) is 10.6. The Morgan fingerprint density at radius 3 is 2.57 bits per heavy atom. The minimum absolute atomic E-state index is 0.0231. The van der Waals surface area contributed by atoms with Crippen molar-refractivity contribution in [2.24, 2.45) is 0 Å². The van der Waals surface area contributed by atoms with Gasteiger partial charge in [-0.2, -0.15) is 0 Å². The number of nitrogens with one attached hydrogen (secondary N) is 1. The molecular formula is C20H18Cl3N3OS. The van der Waals surface area contributed by atoms with Crippen molar-refractivity contribution in [1.29, 1.82) is 0 Å². The number of hydrogen-bond acceptors (Lipinski definition) is 3. The van der Waals surface area contributed by atoms with Gasteiger partial charge in [-0.3, -0.25) is 0 Å². The van der Waals surface area contributed by atoms with Crippen LogP contribution in [0.25, 0.3) is 10.6 Å². The van der Waals surface area contributed by atoms with Gasteiger partial charge in [0, 0.05) is 29.7 Å². The summed E-state index contributed by atoms with van der Waals surface area (Å²) in [6, 6.07) is 10.8. The Morgan fingerprint density at radius 1 is 1.14 bits per heavy atom. The van der Waals surface area contributed by atoms with Crippen LogP contribution >= 0.6 is 46.1 Å². The molecule has 8 heteroatoms. The minimum Gasteiger partial charge on any atom is -0.318 e. The van der Waals surface area contributed by atoms with Gasteiger partial charge in [0.15, 0.2) is 0 Å². The summed E-state index contributed by atoms with van der Waals surface area (Å²) in [5.74, 6) is 0. The Hall–Kier alpha value is -1.79. The monoisotopic (exact) mass is 453 g/mol. The summed E-state index contributed by atoms with van der Waals surface area (Å²) >= 11 is 19.8. The fourth-order valence-corrected chi connectivity index (χ4v) is 3.89. The van der Waals surface area contributed by atoms with E-state index in [9.17, 15) is 4.79 Å². The number of hydrogen-bond donors (Lipinski definition) is 1. The maximum atomic E-state index is 12.9. The van der Waals surface area contributed by atoms with E-state index in [1.165, 1.54) is 6.07 Å². The molecule has 1 heterocycles. The molecule has 0 saturated carbocycles. The molecule has 0 unspecified atom stereocenters. The highest BCUT2D eigenvalue weighted by Crippen LogP contribution is 2.32. The lowest BCUT2D eigenvalue weighted by atomic mass is 10.1. The summed E-state index contributed by atoms with van der Waals surface area (Å²) in [6.45, 7) is 4.36. The third-order valence-electron chi connectivity index (χ3n) is 4.09. The van der Waals surface area contributed by atoms with E-state index < -0.39 is 0 Å². The van der Waals surface area contributed by atoms with Gasteiger partial charge in [0.1, 0.15) is 5.01 Å². The number of halogens is 3. The summed E-state index contributed by atoms with van der Waals surface area (Å²) in [7, 11) is 0. The highest BCUT2D eigenvalue weighted by molar-refractivity contribution is 7.13. The molecule has 1 aromatic heterocycles. The van der Waals surface area contributed by atoms with E-state index in [1.54, 1.807) is 28.5 Å². The van der Waals surface area contributed by atoms with E-state index >= 15 is 0 Å². The lowest BCUT2D eigenvalue weighted by Gasteiger charge is -2.27. The Labute approximate surface area is 183 Å². The Morgan fingerprint density at radius 2 is 1.89 bits per heavy atom. The number of amides is 2. The predicted molar refractivity (Wildman–Crippen MR) is 119 cm³/mol. The van der Waals surface area contributed by atoms with E-state index in [2.05, 4.69) is 10.3 Å². The predicted octanol–water partition coefficient (Wildman–Crippen LogP) is 7.21. The molecule has 146 valence electrons. The first-order chi connectivity index (χ1) is 13.3. The van der Waals surface area contributed by atoms with Crippen molar-refractivity contribution < 1.29 is 4.79 Å². The third-order valence-corrected chi connectivity index (χ3v) is 5.95. The second-order valence-corrected chi connectivity index (χ2v) is 8.55. The number of carbonyl (C=O) groups excluding carboxylic acids is 1. The van der Waals surface area contributed by atoms with Crippen molar-refractivity contribution in [3.8, 4) is 10.6 Å². The molecular weight excluding hydrogens is 437 g/mol. The molecule has 3 aromatic rings. The summed E-state index contributed by atoms with van der Waals surface area (Å²) < 4.78 is 0. The van der Waals surface area contributed by atoms with E-state index in [4.69, 9.17) is 34.8 Å². The number of thiazole rings is 1. The van der Waals surface area contributed by atoms with Crippen molar-refractivity contribution >= 4 is 57.9 Å². The average Bonchev–Trinajstić information content (AvgIpc) is 3.19. The van der Waals surface area contributed by atoms with Crippen molar-refractivity contribution in [2.45, 2.75) is 26.4 Å². The van der Waals surface area contributed by atoms with Gasteiger partial charge >= 0.3 is 6.03 Å². The molecule has 0 spiro atoms. The van der Waals surface area contributed by atoms with Crippen LogP contribution in [-0.2, 0) is 6.54 Å². The lowest BCUT2D eigenvalue weighted by Crippen LogP contribution is -2.39. The molecule has 0 bridgehead atoms. The van der Waals surface area contributed by atoms with Gasteiger partial charge in [0.2, 0.25) is 0 Å². The minimum atomic E-state index is -0.269. The summed E-state index contributed by atoms with van der Waals surface area (Å²) in [4.78, 5) is 19.0. The van der Waals surface area contributed by atoms with E-state index in [-0.39, 0.29) is 12.1 Å². The van der Waals surface area contributed by atoms with Gasteiger partial charge in [0.05, 0.1) is 20.8 Å². The molecule has 0 saturated heterocycles. The zero-order valence-corrected chi connectivity index (χ0v) is 18.3. The first kappa shape index (κ1) is 20.9. The zero-order chi connectivity index (χ0) is 20.3. The molecule has 0 radical (unpaired) electrons. The van der Waals surface area contributed by atoms with Crippen LogP contribution in [0.2, 0.25) is 15.1 Å². The highest BCUT2D eigenvalue weighted by Gasteiger charge is 2.19. The smallest absolute Gasteiger partial charge is 0.318 e. The maximum Gasteiger partial charge on any atom is 0.322 e. The van der Waals surface area contributed by atoms with Gasteiger partial charge in [-0.25, -0.2) is 9.78 Å². The highest BCUT2D eigenvalue weighted by atomic mass is 35.5. The third kappa shape index (κ3) is 4.97. The summed E-state index contributed by atoms with van der Waals surface area (Å²) in [5, 5.41) is 6.71. The molecule has 2 aromatic carbocycles. The van der Waals surface area contributed by atoms with Gasteiger partial charge in [-0.05, 0) is 37.6 Å². The maximum absolute atomic E-state index is 12.9. The number of carbonyl (C=O) groups is 1. The van der Waals surface area contributed by atoms with E-state index in [0.29, 0.717) is 27.3 Å². The van der Waals surface area contributed by atoms with Crippen LogP contribution in [0.4, 0.5) is 10.5 Å². The van der Waals surface area contributed by atoms with Crippen molar-refractivity contribution in [3.05, 3.63) is 68.6 Å². The SMILES string of the molecule is CC(C)N(Cc1cccc(-c2nccs2)c1)C(=O)Nc1cc(Cl)c(Cl)cc1Cl. The Kier molecular flexibility index (Phi) is 6.83. The number of urea groups is 1. The van der Waals surface area contributed by atoms with E-state index in [0.717, 1.165) is 16.1 Å². The van der Waals surface area contributed by atoms with Crippen LogP contribution in [0.15, 0.2) is 48.0 Å². The summed E-state index contributed by atoms with van der Waals surface area (Å²) in [5.41, 5.74) is 2.46. The second-order valence-electron chi connectivity index (χ2n) is 6.44. The van der Waals surface area contributed by atoms with Crippen LogP contribution in [0.3, 0.4) is 0 Å². The molecule has 0 aliphatic heterocycles. The van der Waals surface area contributed by atoms with E-state index in [1.807, 2.05) is 43.5 Å². The van der Waals surface area contributed by atoms with Gasteiger partial charge in [0.25, 0.3) is 0 Å². The molecule has 3 rings (SSSR count). The molecule has 0 atom stereocenters. The number of aromatic nitrogens is 1. The number of rotatable bonds is 5. The average molecular weight is 455 g/mol. The van der Waals surface area contributed by atoms with Crippen molar-refractivity contribution in [2.75, 3.05) is 5.32 Å². The molecule has 2 amide bonds. The second kappa shape index (κ2) is 9.14. The van der Waals surface area contributed by atoms with Gasteiger partial charge < -0.3 is 10.2 Å². The molecule has 0 aliphatic rings. The van der Waals surface area contributed by atoms with Crippen LogP contribution in [-0.4, -0.2) is 22.0 Å². The van der Waals surface area contributed by atoms with Crippen molar-refractivity contribution in [3.63, 3.8) is 0 Å². The fourth-order valence-electron chi connectivity index (χ4n) is 2.66. The van der Waals surface area contributed by atoms with Crippen molar-refractivity contribution in [1.82, 2.24) is 9.88 Å². The molecule has 28 heavy (non-hydrogen) atoms. The molecule has 0 fully saturated rings. The van der Waals surface area contributed by atoms with Gasteiger partial charge in [-0.1, -0.05) is 53.0 Å². The number of anilines is 1. The van der Waals surface area contributed by atoms with Crippen LogP contribution in [0, 0.1) is 0 Å². The standard InChI is InChI=1S/C20H18Cl3N3OS/c1-12(2)26(20(27)25-18-10-16(22)15(21)9-17(18)23)11-13-4-3-5-14(8-13)19-24-6-7-28-19/h3-10,12H,11H2,1-2H3,(H,25,27). The number of benzene rings is 2. The Bertz CT molecular complexity index is 977. The summed E-state index contributed by atoms with van der Waals surface area (Å²) in [6.07, 6.45) is 1.78. The zero-order valence-electron chi connectivity index (χ0n) is 15.2. The topological polar surface area (TPSA) is 45.2 Å². The van der Waals surface area contributed by atoms with Crippen LogP contribution in [0.5, 0.6) is 0 Å². The molecule has 1 N–H and O–H groups in total. The largest absolute Gasteiger partial charge is 0.322 e. The fraction of sp³-hybridized carbons (Fsp3) is 0.200. The first-order valence-electron chi connectivity index (χ1n) is 8.56. The van der Waals surface area contributed by atoms with Crippen LogP contribution in [0.1, 0.15) is 19.4 Å².